The highest BCUT2D eigenvalue weighted by atomic mass is 16.5. The average molecular weight is 249 g/mol. The van der Waals surface area contributed by atoms with E-state index in [0.717, 1.165) is 13.0 Å². The van der Waals surface area contributed by atoms with E-state index in [2.05, 4.69) is 25.1 Å². The molecule has 1 unspecified atom stereocenters. The highest BCUT2D eigenvalue weighted by Gasteiger charge is 2.13. The van der Waals surface area contributed by atoms with Gasteiger partial charge in [0.2, 0.25) is 0 Å². The lowest BCUT2D eigenvalue weighted by Gasteiger charge is -2.22. The summed E-state index contributed by atoms with van der Waals surface area (Å²) in [6.07, 6.45) is 3.88. The lowest BCUT2D eigenvalue weighted by molar-refractivity contribution is -0.0448. The molecule has 2 N–H and O–H groups in total. The number of nitrogens with two attached hydrogens (primary N) is 1. The minimum absolute atomic E-state index is 0.294. The zero-order valence-corrected chi connectivity index (χ0v) is 11.2. The van der Waals surface area contributed by atoms with Crippen molar-refractivity contribution < 1.29 is 9.47 Å². The van der Waals surface area contributed by atoms with Crippen molar-refractivity contribution in [2.45, 2.75) is 45.4 Å². The van der Waals surface area contributed by atoms with Gasteiger partial charge in [-0.3, -0.25) is 0 Å². The van der Waals surface area contributed by atoms with E-state index >= 15 is 0 Å². The maximum Gasteiger partial charge on any atom is 0.0808 e. The Hall–Kier alpha value is -0.900. The summed E-state index contributed by atoms with van der Waals surface area (Å²) >= 11 is 0. The zero-order chi connectivity index (χ0) is 12.8. The fourth-order valence-electron chi connectivity index (χ4n) is 2.29. The second kappa shape index (κ2) is 6.88. The number of aryl methyl sites for hydroxylation is 1. The summed E-state index contributed by atoms with van der Waals surface area (Å²) in [7, 11) is 0. The van der Waals surface area contributed by atoms with E-state index in [4.69, 9.17) is 15.2 Å². The van der Waals surface area contributed by atoms with Crippen LogP contribution in [0.15, 0.2) is 18.2 Å². The second-order valence-electron chi connectivity index (χ2n) is 4.97. The number of hydrogen-bond acceptors (Lipinski definition) is 3. The zero-order valence-electron chi connectivity index (χ0n) is 11.2. The monoisotopic (exact) mass is 249 g/mol. The molecule has 0 aromatic heterocycles. The van der Waals surface area contributed by atoms with Crippen LogP contribution in [0, 0.1) is 6.92 Å². The summed E-state index contributed by atoms with van der Waals surface area (Å²) in [5, 5.41) is 0. The van der Waals surface area contributed by atoms with E-state index in [-0.39, 0.29) is 0 Å². The molecule has 100 valence electrons. The minimum atomic E-state index is 0.294. The number of ether oxygens (including phenoxy) is 2. The summed E-state index contributed by atoms with van der Waals surface area (Å²) in [5.74, 6) is 0. The third-order valence-corrected chi connectivity index (χ3v) is 3.48. The van der Waals surface area contributed by atoms with Gasteiger partial charge in [0.05, 0.1) is 19.3 Å². The minimum Gasteiger partial charge on any atom is -0.376 e. The molecule has 0 radical (unpaired) electrons. The van der Waals surface area contributed by atoms with Crippen LogP contribution in [0.25, 0.3) is 0 Å². The molecule has 1 atom stereocenters. The normalized spacial score (nSPS) is 20.0. The molecule has 3 heteroatoms. The summed E-state index contributed by atoms with van der Waals surface area (Å²) in [6.45, 7) is 4.96. The van der Waals surface area contributed by atoms with E-state index in [9.17, 15) is 0 Å². The molecule has 3 nitrogen and oxygen atoms in total. The molecular formula is C15H23NO2. The van der Waals surface area contributed by atoms with E-state index in [1.165, 1.54) is 29.5 Å². The van der Waals surface area contributed by atoms with Crippen LogP contribution in [0.3, 0.4) is 0 Å². The van der Waals surface area contributed by atoms with Crippen LogP contribution in [0.5, 0.6) is 0 Å². The fraction of sp³-hybridized carbons (Fsp3) is 0.600. The van der Waals surface area contributed by atoms with Gasteiger partial charge in [-0.25, -0.2) is 0 Å². The molecule has 0 saturated carbocycles. The van der Waals surface area contributed by atoms with Crippen LogP contribution in [-0.4, -0.2) is 19.3 Å². The van der Waals surface area contributed by atoms with E-state index in [0.29, 0.717) is 25.9 Å². The lowest BCUT2D eigenvalue weighted by Crippen LogP contribution is -2.24. The van der Waals surface area contributed by atoms with Crippen LogP contribution in [0.2, 0.25) is 0 Å². The van der Waals surface area contributed by atoms with Crippen molar-refractivity contribution in [2.24, 2.45) is 5.73 Å². The second-order valence-corrected chi connectivity index (χ2v) is 4.97. The van der Waals surface area contributed by atoms with Gasteiger partial charge in [0.15, 0.2) is 0 Å². The van der Waals surface area contributed by atoms with E-state index in [1.807, 2.05) is 0 Å². The molecule has 1 fully saturated rings. The summed E-state index contributed by atoms with van der Waals surface area (Å²) in [4.78, 5) is 0. The van der Waals surface area contributed by atoms with Crippen LogP contribution in [-0.2, 0) is 22.6 Å². The molecule has 1 saturated heterocycles. The predicted octanol–water partition coefficient (Wildman–Crippen LogP) is 2.54. The molecule has 2 rings (SSSR count). The van der Waals surface area contributed by atoms with Crippen molar-refractivity contribution in [3.05, 3.63) is 34.9 Å². The molecular weight excluding hydrogens is 226 g/mol. The first-order valence-electron chi connectivity index (χ1n) is 6.77. The third kappa shape index (κ3) is 3.80. The smallest absolute Gasteiger partial charge is 0.0808 e. The van der Waals surface area contributed by atoms with Crippen LogP contribution in [0.4, 0.5) is 0 Å². The van der Waals surface area contributed by atoms with Gasteiger partial charge in [-0.15, -0.1) is 0 Å². The molecule has 1 heterocycles. The van der Waals surface area contributed by atoms with Crippen LogP contribution in [0.1, 0.15) is 36.0 Å². The molecule has 1 aromatic rings. The van der Waals surface area contributed by atoms with Gasteiger partial charge < -0.3 is 15.2 Å². The first-order valence-corrected chi connectivity index (χ1v) is 6.77. The average Bonchev–Trinajstić information content (AvgIpc) is 2.42. The molecule has 0 amide bonds. The van der Waals surface area contributed by atoms with Crippen molar-refractivity contribution in [1.82, 2.24) is 0 Å². The Morgan fingerprint density at radius 2 is 2.28 bits per heavy atom. The van der Waals surface area contributed by atoms with Gasteiger partial charge in [-0.1, -0.05) is 18.2 Å². The van der Waals surface area contributed by atoms with E-state index in [1.54, 1.807) is 0 Å². The highest BCUT2D eigenvalue weighted by molar-refractivity contribution is 5.30. The van der Waals surface area contributed by atoms with Crippen molar-refractivity contribution in [1.29, 1.82) is 0 Å². The predicted molar refractivity (Wildman–Crippen MR) is 72.3 cm³/mol. The molecule has 0 aliphatic carbocycles. The van der Waals surface area contributed by atoms with Crippen molar-refractivity contribution >= 4 is 0 Å². The third-order valence-electron chi connectivity index (χ3n) is 3.48. The topological polar surface area (TPSA) is 44.5 Å². The van der Waals surface area contributed by atoms with Gasteiger partial charge in [-0.2, -0.15) is 0 Å². The maximum atomic E-state index is 5.76. The van der Waals surface area contributed by atoms with Crippen molar-refractivity contribution in [2.75, 3.05) is 13.2 Å². The fourth-order valence-corrected chi connectivity index (χ4v) is 2.29. The number of hydrogen-bond donors (Lipinski definition) is 1. The molecule has 0 spiro atoms. The Morgan fingerprint density at radius 1 is 1.39 bits per heavy atom. The number of rotatable bonds is 5. The maximum absolute atomic E-state index is 5.76. The summed E-state index contributed by atoms with van der Waals surface area (Å²) < 4.78 is 11.4. The largest absolute Gasteiger partial charge is 0.376 e. The van der Waals surface area contributed by atoms with Crippen molar-refractivity contribution in [3.63, 3.8) is 0 Å². The number of benzene rings is 1. The van der Waals surface area contributed by atoms with Gasteiger partial charge in [-0.05, 0) is 42.9 Å². The summed E-state index contributed by atoms with van der Waals surface area (Å²) in [5.41, 5.74) is 9.28. The first kappa shape index (κ1) is 13.5. The van der Waals surface area contributed by atoms with Gasteiger partial charge in [0.1, 0.15) is 0 Å². The van der Waals surface area contributed by atoms with Crippen molar-refractivity contribution in [3.8, 4) is 0 Å². The Balaban J connectivity index is 1.79. The van der Waals surface area contributed by atoms with Crippen LogP contribution < -0.4 is 5.73 Å². The molecule has 0 bridgehead atoms. The molecule has 1 aliphatic heterocycles. The first-order chi connectivity index (χ1) is 8.79. The van der Waals surface area contributed by atoms with Gasteiger partial charge in [0.25, 0.3) is 0 Å². The Bertz CT molecular complexity index is 373. The molecule has 18 heavy (non-hydrogen) atoms. The standard InChI is InChI=1S/C15H23NO2/c1-12-8-13(9-16)5-6-14(12)10-17-11-15-4-2-3-7-18-15/h5-6,8,15H,2-4,7,9-11,16H2,1H3. The summed E-state index contributed by atoms with van der Waals surface area (Å²) in [6, 6.07) is 6.32. The van der Waals surface area contributed by atoms with Crippen LogP contribution >= 0.6 is 0 Å². The molecule has 1 aromatic carbocycles. The SMILES string of the molecule is Cc1cc(CN)ccc1COCC1CCCCO1. The highest BCUT2D eigenvalue weighted by Crippen LogP contribution is 2.15. The quantitative estimate of drug-likeness (QED) is 0.872. The Kier molecular flexibility index (Phi) is 5.17. The Morgan fingerprint density at radius 3 is 2.94 bits per heavy atom. The molecule has 1 aliphatic rings. The van der Waals surface area contributed by atoms with Gasteiger partial charge in [0, 0.05) is 13.2 Å². The van der Waals surface area contributed by atoms with Gasteiger partial charge >= 0.3 is 0 Å². The lowest BCUT2D eigenvalue weighted by atomic mass is 10.1. The Labute approximate surface area is 109 Å². The van der Waals surface area contributed by atoms with E-state index < -0.39 is 0 Å².